The molecule has 0 atom stereocenters. The Labute approximate surface area is 163 Å². The van der Waals surface area contributed by atoms with Gasteiger partial charge in [-0.3, -0.25) is 0 Å². The molecule has 0 bridgehead atoms. The topological polar surface area (TPSA) is 30.2 Å². The number of fused-ring (bicyclic) bond motifs is 1. The van der Waals surface area contributed by atoms with Crippen molar-refractivity contribution in [3.8, 4) is 16.9 Å². The van der Waals surface area contributed by atoms with Crippen molar-refractivity contribution >= 4 is 17.6 Å². The number of aliphatic imine (C=N–C) groups is 1. The molecule has 28 heavy (non-hydrogen) atoms. The molecule has 0 aliphatic carbocycles. The molecule has 0 amide bonds. The first kappa shape index (κ1) is 19.4. The number of pyridine rings is 1. The second-order valence-corrected chi connectivity index (χ2v) is 6.18. The minimum atomic E-state index is -0.530. The molecule has 0 radical (unpaired) electrons. The Hall–Kier alpha value is -3.34. The number of rotatable bonds is 3. The summed E-state index contributed by atoms with van der Waals surface area (Å²) in [6, 6.07) is 17.2. The molecular weight excluding hydrogens is 356 g/mol. The lowest BCUT2D eigenvalue weighted by molar-refractivity contribution is 0.607. The van der Waals surface area contributed by atoms with Gasteiger partial charge in [0, 0.05) is 29.4 Å². The van der Waals surface area contributed by atoms with Gasteiger partial charge in [0.15, 0.2) is 5.82 Å². The van der Waals surface area contributed by atoms with Crippen molar-refractivity contribution < 1.29 is 8.78 Å². The van der Waals surface area contributed by atoms with Gasteiger partial charge in [-0.1, -0.05) is 30.3 Å². The van der Waals surface area contributed by atoms with E-state index in [1.165, 1.54) is 6.07 Å². The van der Waals surface area contributed by atoms with Crippen LogP contribution in [0.5, 0.6) is 0 Å². The molecular formula is C23H21F2N3. The van der Waals surface area contributed by atoms with Crippen molar-refractivity contribution in [3.63, 3.8) is 0 Å². The number of halogens is 2. The average Bonchev–Trinajstić information content (AvgIpc) is 3.14. The van der Waals surface area contributed by atoms with Crippen LogP contribution >= 0.6 is 0 Å². The molecule has 2 aromatic heterocycles. The quantitative estimate of drug-likeness (QED) is 0.404. The molecule has 0 saturated heterocycles. The van der Waals surface area contributed by atoms with Crippen LogP contribution < -0.4 is 0 Å². The Bertz CT molecular complexity index is 1120. The lowest BCUT2D eigenvalue weighted by Gasteiger charge is -2.15. The number of aryl methyl sites for hydroxylation is 1. The molecule has 5 heteroatoms. The van der Waals surface area contributed by atoms with Crippen molar-refractivity contribution in [2.75, 3.05) is 6.54 Å². The van der Waals surface area contributed by atoms with Gasteiger partial charge in [0.1, 0.15) is 11.5 Å². The predicted molar refractivity (Wildman–Crippen MR) is 111 cm³/mol. The Kier molecular flexibility index (Phi) is 5.94. The van der Waals surface area contributed by atoms with Gasteiger partial charge in [-0.05, 0) is 50.9 Å². The second kappa shape index (κ2) is 8.57. The van der Waals surface area contributed by atoms with E-state index < -0.39 is 11.6 Å². The fraction of sp³-hybridized carbons (Fsp3) is 0.130. The standard InChI is InChI=1S/C20H14F2N2.C3H7N/c1-13-7-6-12-24(13)20-15-9-3-5-11-17(15)23-19(18(20)22)14-8-2-4-10-16(14)21;1-3-4-2/h2-12H,1H3;2-3H2,1H3. The monoisotopic (exact) mass is 377 g/mol. The van der Waals surface area contributed by atoms with E-state index >= 15 is 4.39 Å². The van der Waals surface area contributed by atoms with Crippen LogP contribution in [0.25, 0.3) is 27.8 Å². The highest BCUT2D eigenvalue weighted by Crippen LogP contribution is 2.33. The zero-order valence-corrected chi connectivity index (χ0v) is 15.9. The van der Waals surface area contributed by atoms with Gasteiger partial charge in [0.2, 0.25) is 0 Å². The maximum atomic E-state index is 15.4. The van der Waals surface area contributed by atoms with E-state index in [0.717, 1.165) is 12.2 Å². The molecule has 0 N–H and O–H groups in total. The summed E-state index contributed by atoms with van der Waals surface area (Å²) >= 11 is 0. The van der Waals surface area contributed by atoms with Gasteiger partial charge < -0.3 is 9.56 Å². The third-order valence-electron chi connectivity index (χ3n) is 4.35. The minimum Gasteiger partial charge on any atom is -0.318 e. The Balaban J connectivity index is 0.000000516. The van der Waals surface area contributed by atoms with Gasteiger partial charge >= 0.3 is 0 Å². The Morgan fingerprint density at radius 2 is 1.68 bits per heavy atom. The zero-order valence-electron chi connectivity index (χ0n) is 15.9. The molecule has 3 nitrogen and oxygen atoms in total. The van der Waals surface area contributed by atoms with Crippen LogP contribution in [0.15, 0.2) is 71.9 Å². The smallest absolute Gasteiger partial charge is 0.174 e. The van der Waals surface area contributed by atoms with E-state index in [1.54, 1.807) is 35.0 Å². The molecule has 0 aliphatic heterocycles. The van der Waals surface area contributed by atoms with Gasteiger partial charge in [-0.15, -0.1) is 0 Å². The minimum absolute atomic E-state index is 0.0231. The lowest BCUT2D eigenvalue weighted by atomic mass is 10.1. The first-order valence-electron chi connectivity index (χ1n) is 8.98. The molecule has 0 saturated carbocycles. The summed E-state index contributed by atoms with van der Waals surface area (Å²) in [5, 5.41) is 0.689. The third-order valence-corrected chi connectivity index (χ3v) is 4.35. The van der Waals surface area contributed by atoms with Crippen molar-refractivity contribution in [1.82, 2.24) is 9.55 Å². The van der Waals surface area contributed by atoms with Crippen LogP contribution in [0.4, 0.5) is 8.78 Å². The fourth-order valence-electron chi connectivity index (χ4n) is 2.96. The van der Waals surface area contributed by atoms with E-state index in [9.17, 15) is 4.39 Å². The highest BCUT2D eigenvalue weighted by atomic mass is 19.1. The molecule has 142 valence electrons. The number of hydrogen-bond acceptors (Lipinski definition) is 2. The van der Waals surface area contributed by atoms with E-state index in [4.69, 9.17) is 0 Å². The van der Waals surface area contributed by atoms with E-state index in [0.29, 0.717) is 16.6 Å². The molecule has 0 unspecified atom stereocenters. The van der Waals surface area contributed by atoms with E-state index in [2.05, 4.69) is 16.7 Å². The SMILES string of the molecule is C=NCC.Cc1cccn1-c1c(F)c(-c2ccccc2F)nc2ccccc12. The molecule has 0 aliphatic rings. The highest BCUT2D eigenvalue weighted by molar-refractivity contribution is 5.90. The summed E-state index contributed by atoms with van der Waals surface area (Å²) in [5.41, 5.74) is 2.09. The predicted octanol–water partition coefficient (Wildman–Crippen LogP) is 5.99. The molecule has 0 spiro atoms. The van der Waals surface area contributed by atoms with Crippen LogP contribution in [0.3, 0.4) is 0 Å². The first-order chi connectivity index (χ1) is 13.6. The number of nitrogens with zero attached hydrogens (tertiary/aromatic N) is 3. The summed E-state index contributed by atoms with van der Waals surface area (Å²) in [4.78, 5) is 7.86. The van der Waals surface area contributed by atoms with Crippen molar-refractivity contribution in [2.24, 2.45) is 4.99 Å². The number of para-hydroxylation sites is 1. The maximum Gasteiger partial charge on any atom is 0.174 e. The molecule has 2 heterocycles. The van der Waals surface area contributed by atoms with Crippen molar-refractivity contribution in [3.05, 3.63) is 84.2 Å². The number of hydrogen-bond donors (Lipinski definition) is 0. The summed E-state index contributed by atoms with van der Waals surface area (Å²) in [7, 11) is 0. The molecule has 4 aromatic rings. The summed E-state index contributed by atoms with van der Waals surface area (Å²) in [6.45, 7) is 7.91. The number of benzene rings is 2. The third kappa shape index (κ3) is 3.69. The maximum absolute atomic E-state index is 15.4. The molecule has 4 rings (SSSR count). The van der Waals surface area contributed by atoms with Gasteiger partial charge in [-0.2, -0.15) is 0 Å². The first-order valence-corrected chi connectivity index (χ1v) is 8.98. The summed E-state index contributed by atoms with van der Waals surface area (Å²) < 4.78 is 31.3. The Morgan fingerprint density at radius 3 is 2.32 bits per heavy atom. The van der Waals surface area contributed by atoms with E-state index in [1.807, 2.05) is 44.2 Å². The summed E-state index contributed by atoms with van der Waals surface area (Å²) in [6.07, 6.45) is 1.80. The fourth-order valence-corrected chi connectivity index (χ4v) is 2.96. The van der Waals surface area contributed by atoms with Crippen molar-refractivity contribution in [2.45, 2.75) is 13.8 Å². The van der Waals surface area contributed by atoms with Crippen LogP contribution in [0.2, 0.25) is 0 Å². The van der Waals surface area contributed by atoms with Gasteiger partial charge in [-0.25, -0.2) is 13.8 Å². The van der Waals surface area contributed by atoms with E-state index in [-0.39, 0.29) is 11.3 Å². The highest BCUT2D eigenvalue weighted by Gasteiger charge is 2.20. The summed E-state index contributed by atoms with van der Waals surface area (Å²) in [5.74, 6) is -1.02. The second-order valence-electron chi connectivity index (χ2n) is 6.18. The van der Waals surface area contributed by atoms with Gasteiger partial charge in [0.25, 0.3) is 0 Å². The number of aromatic nitrogens is 2. The molecule has 2 aromatic carbocycles. The van der Waals surface area contributed by atoms with Gasteiger partial charge in [0.05, 0.1) is 11.2 Å². The normalized spacial score (nSPS) is 10.4. The molecule has 0 fully saturated rings. The van der Waals surface area contributed by atoms with Crippen LogP contribution in [0, 0.1) is 18.6 Å². The average molecular weight is 377 g/mol. The van der Waals surface area contributed by atoms with Crippen LogP contribution in [-0.4, -0.2) is 22.8 Å². The lowest BCUT2D eigenvalue weighted by Crippen LogP contribution is -2.04. The van der Waals surface area contributed by atoms with Crippen molar-refractivity contribution in [1.29, 1.82) is 0 Å². The Morgan fingerprint density at radius 1 is 1.00 bits per heavy atom. The largest absolute Gasteiger partial charge is 0.318 e. The zero-order chi connectivity index (χ0) is 20.1. The van der Waals surface area contributed by atoms with Crippen LogP contribution in [0.1, 0.15) is 12.6 Å². The van der Waals surface area contributed by atoms with Crippen LogP contribution in [-0.2, 0) is 0 Å².